The number of nitrogens with one attached hydrogen (secondary N) is 1. The molecule has 0 aliphatic rings. The summed E-state index contributed by atoms with van der Waals surface area (Å²) in [5, 5.41) is 11.5. The molecule has 1 amide bonds. The van der Waals surface area contributed by atoms with E-state index in [1.165, 1.54) is 0 Å². The van der Waals surface area contributed by atoms with Crippen LogP contribution >= 0.6 is 0 Å². The van der Waals surface area contributed by atoms with E-state index in [1.54, 1.807) is 20.8 Å². The molecule has 108 valence electrons. The third-order valence-electron chi connectivity index (χ3n) is 2.18. The Labute approximate surface area is 114 Å². The van der Waals surface area contributed by atoms with Crippen molar-refractivity contribution in [1.29, 1.82) is 0 Å². The van der Waals surface area contributed by atoms with Gasteiger partial charge in [-0.1, -0.05) is 18.2 Å². The number of carbonyl (C=O) groups excluding carboxylic acids is 1. The van der Waals surface area contributed by atoms with E-state index in [4.69, 9.17) is 9.84 Å². The summed E-state index contributed by atoms with van der Waals surface area (Å²) in [6.45, 7) is 8.83. The minimum atomic E-state index is -1.09. The van der Waals surface area contributed by atoms with Gasteiger partial charge in [0.2, 0.25) is 0 Å². The molecule has 0 aromatic rings. The monoisotopic (exact) mass is 269 g/mol. The second-order valence-corrected chi connectivity index (χ2v) is 5.10. The Morgan fingerprint density at radius 2 is 1.89 bits per heavy atom. The molecule has 5 nitrogen and oxygen atoms in total. The number of rotatable bonds is 5. The van der Waals surface area contributed by atoms with Crippen LogP contribution in [-0.2, 0) is 9.53 Å². The highest BCUT2D eigenvalue weighted by molar-refractivity contribution is 5.80. The largest absolute Gasteiger partial charge is 0.480 e. The normalized spacial score (nSPS) is 14.3. The lowest BCUT2D eigenvalue weighted by molar-refractivity contribution is -0.139. The van der Waals surface area contributed by atoms with E-state index in [1.807, 2.05) is 32.1 Å². The Bertz CT molecular complexity index is 377. The maximum atomic E-state index is 11.6. The van der Waals surface area contributed by atoms with Crippen molar-refractivity contribution in [3.8, 4) is 0 Å². The first kappa shape index (κ1) is 17.2. The highest BCUT2D eigenvalue weighted by Crippen LogP contribution is 2.10. The quantitative estimate of drug-likeness (QED) is 0.752. The van der Waals surface area contributed by atoms with Crippen molar-refractivity contribution in [1.82, 2.24) is 5.32 Å². The third-order valence-corrected chi connectivity index (χ3v) is 2.18. The number of ether oxygens (including phenoxy) is 1. The number of allylic oxidation sites excluding steroid dienone is 3. The van der Waals surface area contributed by atoms with Gasteiger partial charge in [-0.15, -0.1) is 0 Å². The van der Waals surface area contributed by atoms with E-state index in [9.17, 15) is 9.59 Å². The Morgan fingerprint density at radius 1 is 1.32 bits per heavy atom. The lowest BCUT2D eigenvalue weighted by Crippen LogP contribution is -2.43. The van der Waals surface area contributed by atoms with E-state index in [-0.39, 0.29) is 6.42 Å². The predicted octanol–water partition coefficient (Wildman–Crippen LogP) is 2.88. The Balaban J connectivity index is 4.68. The molecule has 0 aromatic carbocycles. The second-order valence-electron chi connectivity index (χ2n) is 5.10. The first-order valence-corrected chi connectivity index (χ1v) is 6.19. The molecule has 1 atom stereocenters. The van der Waals surface area contributed by atoms with Gasteiger partial charge in [0.05, 0.1) is 0 Å². The highest BCUT2D eigenvalue weighted by atomic mass is 16.6. The van der Waals surface area contributed by atoms with Crippen molar-refractivity contribution in [3.05, 3.63) is 23.8 Å². The molecule has 0 saturated heterocycles. The molecule has 0 aliphatic carbocycles. The standard InChI is InChI=1S/C14H23NO4/c1-6-8-10(7-2)9-11(12(16)17)15-13(18)19-14(3,4)5/h6-8,11H,9H2,1-5H3,(H,15,18)(H,16,17). The van der Waals surface area contributed by atoms with Crippen molar-refractivity contribution < 1.29 is 19.4 Å². The topological polar surface area (TPSA) is 75.6 Å². The smallest absolute Gasteiger partial charge is 0.408 e. The zero-order valence-corrected chi connectivity index (χ0v) is 12.2. The van der Waals surface area contributed by atoms with Crippen LogP contribution in [0.15, 0.2) is 23.8 Å². The molecule has 0 radical (unpaired) electrons. The van der Waals surface area contributed by atoms with Gasteiger partial charge in [-0.2, -0.15) is 0 Å². The van der Waals surface area contributed by atoms with Gasteiger partial charge in [0.1, 0.15) is 11.6 Å². The molecule has 0 fully saturated rings. The minimum absolute atomic E-state index is 0.218. The van der Waals surface area contributed by atoms with Crippen LogP contribution in [0.4, 0.5) is 4.79 Å². The van der Waals surface area contributed by atoms with Gasteiger partial charge >= 0.3 is 12.1 Å². The molecule has 0 rings (SSSR count). The predicted molar refractivity (Wildman–Crippen MR) is 74.0 cm³/mol. The average Bonchev–Trinajstić information content (AvgIpc) is 2.24. The van der Waals surface area contributed by atoms with Crippen LogP contribution in [0.2, 0.25) is 0 Å². The third kappa shape index (κ3) is 8.02. The molecule has 2 N–H and O–H groups in total. The van der Waals surface area contributed by atoms with Crippen molar-refractivity contribution in [3.63, 3.8) is 0 Å². The number of carboxylic acid groups (broad SMARTS) is 1. The van der Waals surface area contributed by atoms with Gasteiger partial charge in [-0.3, -0.25) is 0 Å². The molecule has 0 aliphatic heterocycles. The van der Waals surface area contributed by atoms with E-state index < -0.39 is 23.7 Å². The van der Waals surface area contributed by atoms with Gasteiger partial charge in [0.15, 0.2) is 0 Å². The number of carbonyl (C=O) groups is 2. The van der Waals surface area contributed by atoms with Crippen LogP contribution in [0.25, 0.3) is 0 Å². The fourth-order valence-electron chi connectivity index (χ4n) is 1.38. The molecular weight excluding hydrogens is 246 g/mol. The van der Waals surface area contributed by atoms with Crippen LogP contribution in [0.5, 0.6) is 0 Å². The van der Waals surface area contributed by atoms with Gasteiger partial charge in [0, 0.05) is 6.42 Å². The lowest BCUT2D eigenvalue weighted by atomic mass is 10.1. The summed E-state index contributed by atoms with van der Waals surface area (Å²) in [6, 6.07) is -1.00. The Hall–Kier alpha value is -1.78. The summed E-state index contributed by atoms with van der Waals surface area (Å²) in [5.74, 6) is -1.09. The minimum Gasteiger partial charge on any atom is -0.480 e. The molecule has 0 bridgehead atoms. The maximum absolute atomic E-state index is 11.6. The van der Waals surface area contributed by atoms with Crippen LogP contribution < -0.4 is 5.32 Å². The van der Waals surface area contributed by atoms with E-state index in [0.717, 1.165) is 5.57 Å². The summed E-state index contributed by atoms with van der Waals surface area (Å²) in [5.41, 5.74) is 0.186. The number of amides is 1. The van der Waals surface area contributed by atoms with Gasteiger partial charge in [-0.25, -0.2) is 9.59 Å². The number of carboxylic acids is 1. The molecule has 5 heteroatoms. The van der Waals surface area contributed by atoms with Crippen LogP contribution in [-0.4, -0.2) is 28.8 Å². The van der Waals surface area contributed by atoms with Gasteiger partial charge in [0.25, 0.3) is 0 Å². The fourth-order valence-corrected chi connectivity index (χ4v) is 1.38. The summed E-state index contributed by atoms with van der Waals surface area (Å²) >= 11 is 0. The lowest BCUT2D eigenvalue weighted by Gasteiger charge is -2.22. The molecular formula is C14H23NO4. The Kier molecular flexibility index (Phi) is 6.90. The summed E-state index contributed by atoms with van der Waals surface area (Å²) in [4.78, 5) is 22.7. The van der Waals surface area contributed by atoms with Gasteiger partial charge < -0.3 is 15.2 Å². The van der Waals surface area contributed by atoms with Crippen molar-refractivity contribution >= 4 is 12.1 Å². The molecule has 0 saturated carbocycles. The van der Waals surface area contributed by atoms with E-state index in [2.05, 4.69) is 5.32 Å². The number of hydrogen-bond donors (Lipinski definition) is 2. The summed E-state index contributed by atoms with van der Waals surface area (Å²) in [7, 11) is 0. The van der Waals surface area contributed by atoms with Crippen molar-refractivity contribution in [2.24, 2.45) is 0 Å². The number of hydrogen-bond acceptors (Lipinski definition) is 3. The fraction of sp³-hybridized carbons (Fsp3) is 0.571. The molecule has 0 spiro atoms. The van der Waals surface area contributed by atoms with Crippen LogP contribution in [0.3, 0.4) is 0 Å². The number of alkyl carbamates (subject to hydrolysis) is 1. The average molecular weight is 269 g/mol. The van der Waals surface area contributed by atoms with Crippen LogP contribution in [0, 0.1) is 0 Å². The zero-order valence-electron chi connectivity index (χ0n) is 12.2. The maximum Gasteiger partial charge on any atom is 0.408 e. The molecule has 1 unspecified atom stereocenters. The number of aliphatic carboxylic acids is 1. The Morgan fingerprint density at radius 3 is 2.26 bits per heavy atom. The zero-order chi connectivity index (χ0) is 15.1. The van der Waals surface area contributed by atoms with Crippen LogP contribution in [0.1, 0.15) is 41.0 Å². The van der Waals surface area contributed by atoms with Crippen molar-refractivity contribution in [2.75, 3.05) is 0 Å². The molecule has 0 aromatic heterocycles. The second kappa shape index (κ2) is 7.61. The molecule has 19 heavy (non-hydrogen) atoms. The summed E-state index contributed by atoms with van der Waals surface area (Å²) in [6.07, 6.45) is 4.94. The van der Waals surface area contributed by atoms with Crippen molar-refractivity contribution in [2.45, 2.75) is 52.7 Å². The molecule has 0 heterocycles. The van der Waals surface area contributed by atoms with E-state index in [0.29, 0.717) is 0 Å². The highest BCUT2D eigenvalue weighted by Gasteiger charge is 2.24. The van der Waals surface area contributed by atoms with Gasteiger partial charge in [-0.05, 0) is 40.2 Å². The SMILES string of the molecule is CC=CC(=CC)CC(NC(=O)OC(C)(C)C)C(=O)O. The summed E-state index contributed by atoms with van der Waals surface area (Å²) < 4.78 is 5.04. The first-order chi connectivity index (χ1) is 8.69. The van der Waals surface area contributed by atoms with E-state index >= 15 is 0 Å². The first-order valence-electron chi connectivity index (χ1n) is 6.19.